The zero-order chi connectivity index (χ0) is 16.0. The number of para-hydroxylation sites is 1. The highest BCUT2D eigenvalue weighted by atomic mass is 19.3. The molecule has 0 aliphatic rings. The number of hydrogen-bond donors (Lipinski definition) is 0. The van der Waals surface area contributed by atoms with Crippen molar-refractivity contribution in [1.82, 2.24) is 0 Å². The number of halogens is 2. The average Bonchev–Trinajstić information content (AvgIpc) is 2.44. The molecule has 1 atom stereocenters. The summed E-state index contributed by atoms with van der Waals surface area (Å²) in [5.74, 6) is -6.71. The van der Waals surface area contributed by atoms with E-state index in [1.54, 1.807) is 18.2 Å². The number of rotatable bonds is 6. The molecule has 1 unspecified atom stereocenters. The third-order valence-corrected chi connectivity index (χ3v) is 2.60. The first-order valence-electron chi connectivity index (χ1n) is 6.30. The molecule has 0 spiro atoms. The van der Waals surface area contributed by atoms with Crippen molar-refractivity contribution >= 4 is 11.9 Å². The Morgan fingerprint density at radius 2 is 1.86 bits per heavy atom. The fraction of sp³-hybridized carbons (Fsp3) is 0.333. The summed E-state index contributed by atoms with van der Waals surface area (Å²) in [4.78, 5) is 22.9. The van der Waals surface area contributed by atoms with Crippen molar-refractivity contribution in [1.29, 1.82) is 0 Å². The van der Waals surface area contributed by atoms with E-state index in [1.165, 1.54) is 26.0 Å². The quantitative estimate of drug-likeness (QED) is 0.460. The molecule has 0 aromatic heterocycles. The first-order valence-corrected chi connectivity index (χ1v) is 6.30. The second-order valence-corrected chi connectivity index (χ2v) is 4.41. The minimum atomic E-state index is -3.95. The molecule has 21 heavy (non-hydrogen) atoms. The van der Waals surface area contributed by atoms with Gasteiger partial charge in [0.25, 0.3) is 0 Å². The molecule has 1 aromatic carbocycles. The first kappa shape index (κ1) is 16.8. The van der Waals surface area contributed by atoms with Gasteiger partial charge in [-0.15, -0.1) is 0 Å². The fourth-order valence-corrected chi connectivity index (χ4v) is 1.44. The van der Waals surface area contributed by atoms with Crippen molar-refractivity contribution in [2.75, 3.05) is 0 Å². The van der Waals surface area contributed by atoms with Gasteiger partial charge in [-0.2, -0.15) is 8.78 Å². The predicted molar refractivity (Wildman–Crippen MR) is 72.0 cm³/mol. The minimum absolute atomic E-state index is 0.0109. The molecule has 1 rings (SSSR count). The number of carbonyl (C=O) groups is 2. The van der Waals surface area contributed by atoms with Crippen LogP contribution in [0.1, 0.15) is 20.3 Å². The van der Waals surface area contributed by atoms with Gasteiger partial charge in [-0.3, -0.25) is 0 Å². The SMILES string of the molecule is C=C(C)C(=O)OC(CC)C(F)(F)C(=O)Oc1ccccc1. The van der Waals surface area contributed by atoms with E-state index in [1.807, 2.05) is 0 Å². The average molecular weight is 298 g/mol. The van der Waals surface area contributed by atoms with Crippen molar-refractivity contribution in [3.05, 3.63) is 42.5 Å². The Kier molecular flexibility index (Phi) is 5.58. The molecule has 6 heteroatoms. The van der Waals surface area contributed by atoms with Gasteiger partial charge in [-0.05, 0) is 25.5 Å². The molecule has 114 valence electrons. The van der Waals surface area contributed by atoms with Crippen LogP contribution in [0.25, 0.3) is 0 Å². The van der Waals surface area contributed by atoms with Gasteiger partial charge in [0.2, 0.25) is 0 Å². The molecular formula is C15H16F2O4. The molecule has 0 saturated heterocycles. The lowest BCUT2D eigenvalue weighted by molar-refractivity contribution is -0.189. The monoisotopic (exact) mass is 298 g/mol. The van der Waals surface area contributed by atoms with Crippen LogP contribution >= 0.6 is 0 Å². The molecule has 0 saturated carbocycles. The highest BCUT2D eigenvalue weighted by Gasteiger charge is 2.50. The largest absolute Gasteiger partial charge is 0.452 e. The number of hydrogen-bond acceptors (Lipinski definition) is 4. The van der Waals surface area contributed by atoms with Crippen LogP contribution in [0.3, 0.4) is 0 Å². The predicted octanol–water partition coefficient (Wildman–Crippen LogP) is 3.13. The van der Waals surface area contributed by atoms with Crippen LogP contribution in [0.15, 0.2) is 42.5 Å². The van der Waals surface area contributed by atoms with Gasteiger partial charge in [0.15, 0.2) is 6.10 Å². The number of carbonyl (C=O) groups excluding carboxylic acids is 2. The third kappa shape index (κ3) is 4.37. The third-order valence-electron chi connectivity index (χ3n) is 2.60. The van der Waals surface area contributed by atoms with E-state index < -0.39 is 24.0 Å². The van der Waals surface area contributed by atoms with E-state index in [0.29, 0.717) is 0 Å². The van der Waals surface area contributed by atoms with Gasteiger partial charge in [-0.25, -0.2) is 9.59 Å². The zero-order valence-electron chi connectivity index (χ0n) is 11.8. The van der Waals surface area contributed by atoms with Crippen molar-refractivity contribution in [2.45, 2.75) is 32.3 Å². The van der Waals surface area contributed by atoms with Crippen LogP contribution in [-0.2, 0) is 14.3 Å². The Morgan fingerprint density at radius 3 is 2.33 bits per heavy atom. The van der Waals surface area contributed by atoms with Gasteiger partial charge in [0, 0.05) is 5.57 Å². The second-order valence-electron chi connectivity index (χ2n) is 4.41. The highest BCUT2D eigenvalue weighted by Crippen LogP contribution is 2.27. The van der Waals surface area contributed by atoms with Gasteiger partial charge < -0.3 is 9.47 Å². The second kappa shape index (κ2) is 6.97. The Balaban J connectivity index is 2.83. The first-order chi connectivity index (χ1) is 9.78. The maximum atomic E-state index is 14.0. The lowest BCUT2D eigenvalue weighted by atomic mass is 10.1. The summed E-state index contributed by atoms with van der Waals surface area (Å²) >= 11 is 0. The summed E-state index contributed by atoms with van der Waals surface area (Å²) in [5.41, 5.74) is -0.0272. The molecule has 4 nitrogen and oxygen atoms in total. The zero-order valence-corrected chi connectivity index (χ0v) is 11.8. The molecular weight excluding hydrogens is 282 g/mol. The van der Waals surface area contributed by atoms with Crippen LogP contribution in [0.2, 0.25) is 0 Å². The highest BCUT2D eigenvalue weighted by molar-refractivity contribution is 5.88. The Bertz CT molecular complexity index is 526. The summed E-state index contributed by atoms with van der Waals surface area (Å²) in [6.45, 7) is 6.01. The van der Waals surface area contributed by atoms with Gasteiger partial charge in [0.1, 0.15) is 5.75 Å². The van der Waals surface area contributed by atoms with Crippen molar-refractivity contribution < 1.29 is 27.8 Å². The van der Waals surface area contributed by atoms with E-state index in [4.69, 9.17) is 0 Å². The lowest BCUT2D eigenvalue weighted by Gasteiger charge is -2.24. The Hall–Kier alpha value is -2.24. The Labute approximate surface area is 121 Å². The van der Waals surface area contributed by atoms with E-state index >= 15 is 0 Å². The molecule has 0 aliphatic heterocycles. The lowest BCUT2D eigenvalue weighted by Crippen LogP contribution is -2.46. The maximum Gasteiger partial charge on any atom is 0.386 e. The van der Waals surface area contributed by atoms with Crippen molar-refractivity contribution in [2.24, 2.45) is 0 Å². The van der Waals surface area contributed by atoms with E-state index in [2.05, 4.69) is 16.1 Å². The van der Waals surface area contributed by atoms with Gasteiger partial charge in [-0.1, -0.05) is 31.7 Å². The fourth-order valence-electron chi connectivity index (χ4n) is 1.44. The molecule has 0 fully saturated rings. The molecule has 0 amide bonds. The van der Waals surface area contributed by atoms with Crippen LogP contribution in [0, 0.1) is 0 Å². The molecule has 1 aromatic rings. The number of alkyl halides is 2. The van der Waals surface area contributed by atoms with Crippen molar-refractivity contribution in [3.63, 3.8) is 0 Å². The van der Waals surface area contributed by atoms with E-state index in [0.717, 1.165) is 0 Å². The summed E-state index contributed by atoms with van der Waals surface area (Å²) in [5, 5.41) is 0. The molecule has 0 heterocycles. The van der Waals surface area contributed by atoms with E-state index in [-0.39, 0.29) is 17.7 Å². The summed E-state index contributed by atoms with van der Waals surface area (Å²) in [7, 11) is 0. The topological polar surface area (TPSA) is 52.6 Å². The van der Waals surface area contributed by atoms with Gasteiger partial charge in [0.05, 0.1) is 0 Å². The summed E-state index contributed by atoms with van der Waals surface area (Å²) in [6, 6.07) is 7.47. The molecule has 0 radical (unpaired) electrons. The normalized spacial score (nSPS) is 12.4. The van der Waals surface area contributed by atoms with Crippen LogP contribution in [0.5, 0.6) is 5.75 Å². The van der Waals surface area contributed by atoms with Crippen LogP contribution in [-0.4, -0.2) is 24.0 Å². The smallest absolute Gasteiger partial charge is 0.386 e. The molecule has 0 bridgehead atoms. The maximum absolute atomic E-state index is 14.0. The number of ether oxygens (including phenoxy) is 2. The van der Waals surface area contributed by atoms with Crippen molar-refractivity contribution in [3.8, 4) is 5.75 Å². The standard InChI is InChI=1S/C15H16F2O4/c1-4-12(21-13(18)10(2)3)15(16,17)14(19)20-11-8-6-5-7-9-11/h5-9,12H,2,4H2,1,3H3. The Morgan fingerprint density at radius 1 is 1.29 bits per heavy atom. The summed E-state index contributed by atoms with van der Waals surface area (Å²) < 4.78 is 37.2. The molecule has 0 aliphatic carbocycles. The summed E-state index contributed by atoms with van der Waals surface area (Å²) in [6.07, 6.45) is -2.14. The minimum Gasteiger partial charge on any atom is -0.452 e. The van der Waals surface area contributed by atoms with E-state index in [9.17, 15) is 18.4 Å². The van der Waals surface area contributed by atoms with Crippen LogP contribution in [0.4, 0.5) is 8.78 Å². The van der Waals surface area contributed by atoms with Crippen LogP contribution < -0.4 is 4.74 Å². The number of esters is 2. The number of benzene rings is 1. The molecule has 0 N–H and O–H groups in total. The van der Waals surface area contributed by atoms with Gasteiger partial charge >= 0.3 is 17.9 Å².